The minimum absolute atomic E-state index is 0.546. The van der Waals surface area contributed by atoms with Crippen molar-refractivity contribution in [2.45, 2.75) is 13.5 Å². The van der Waals surface area contributed by atoms with E-state index in [9.17, 15) is 0 Å². The van der Waals surface area contributed by atoms with Crippen LogP contribution in [0.4, 0.5) is 0 Å². The topological polar surface area (TPSA) is 34.2 Å². The van der Waals surface area contributed by atoms with E-state index in [-0.39, 0.29) is 0 Å². The van der Waals surface area contributed by atoms with Crippen LogP contribution in [0.3, 0.4) is 0 Å². The second kappa shape index (κ2) is 6.75. The van der Waals surface area contributed by atoms with Gasteiger partial charge < -0.3 is 10.1 Å². The SMILES string of the molecule is CCNCc1cnccc1Oc1cc(Cl)cc(Cl)c1. The third-order valence-corrected chi connectivity index (χ3v) is 2.92. The molecule has 1 aromatic heterocycles. The maximum absolute atomic E-state index is 5.95. The fraction of sp³-hybridized carbons (Fsp3) is 0.214. The molecule has 0 atom stereocenters. The van der Waals surface area contributed by atoms with Gasteiger partial charge in [-0.05, 0) is 30.8 Å². The summed E-state index contributed by atoms with van der Waals surface area (Å²) in [5.74, 6) is 1.36. The van der Waals surface area contributed by atoms with Gasteiger partial charge in [-0.25, -0.2) is 0 Å². The summed E-state index contributed by atoms with van der Waals surface area (Å²) in [6, 6.07) is 6.94. The van der Waals surface area contributed by atoms with Gasteiger partial charge >= 0.3 is 0 Å². The Kier molecular flexibility index (Phi) is 5.02. The summed E-state index contributed by atoms with van der Waals surface area (Å²) in [5.41, 5.74) is 0.987. The van der Waals surface area contributed by atoms with Crippen LogP contribution in [0.5, 0.6) is 11.5 Å². The summed E-state index contributed by atoms with van der Waals surface area (Å²) in [6.07, 6.45) is 3.47. The van der Waals surface area contributed by atoms with Gasteiger partial charge in [0.25, 0.3) is 0 Å². The summed E-state index contributed by atoms with van der Waals surface area (Å²) in [5, 5.41) is 4.33. The molecular formula is C14H14Cl2N2O. The van der Waals surface area contributed by atoms with E-state index in [0.717, 1.165) is 17.9 Å². The molecule has 3 nitrogen and oxygen atoms in total. The van der Waals surface area contributed by atoms with Crippen molar-refractivity contribution in [3.05, 3.63) is 52.3 Å². The molecule has 0 spiro atoms. The summed E-state index contributed by atoms with van der Waals surface area (Å²) < 4.78 is 5.82. The number of hydrogen-bond donors (Lipinski definition) is 1. The monoisotopic (exact) mass is 296 g/mol. The van der Waals surface area contributed by atoms with E-state index in [2.05, 4.69) is 10.3 Å². The second-order valence-electron chi connectivity index (χ2n) is 3.97. The van der Waals surface area contributed by atoms with Crippen LogP contribution in [0.1, 0.15) is 12.5 Å². The van der Waals surface area contributed by atoms with Crippen LogP contribution in [0.2, 0.25) is 10.0 Å². The number of hydrogen-bond acceptors (Lipinski definition) is 3. The Morgan fingerprint density at radius 1 is 1.21 bits per heavy atom. The highest BCUT2D eigenvalue weighted by Crippen LogP contribution is 2.29. The van der Waals surface area contributed by atoms with E-state index in [1.807, 2.05) is 13.0 Å². The molecule has 1 heterocycles. The van der Waals surface area contributed by atoms with Crippen molar-refractivity contribution in [3.8, 4) is 11.5 Å². The van der Waals surface area contributed by atoms with E-state index in [0.29, 0.717) is 22.3 Å². The lowest BCUT2D eigenvalue weighted by Crippen LogP contribution is -2.12. The summed E-state index contributed by atoms with van der Waals surface area (Å²) in [4.78, 5) is 4.10. The van der Waals surface area contributed by atoms with E-state index in [4.69, 9.17) is 27.9 Å². The number of halogens is 2. The number of benzene rings is 1. The zero-order valence-corrected chi connectivity index (χ0v) is 12.0. The first-order valence-electron chi connectivity index (χ1n) is 5.96. The molecule has 1 N–H and O–H groups in total. The van der Waals surface area contributed by atoms with Crippen molar-refractivity contribution in [3.63, 3.8) is 0 Å². The highest BCUT2D eigenvalue weighted by molar-refractivity contribution is 6.34. The normalized spacial score (nSPS) is 10.5. The molecule has 100 valence electrons. The largest absolute Gasteiger partial charge is 0.457 e. The third-order valence-electron chi connectivity index (χ3n) is 2.49. The molecule has 19 heavy (non-hydrogen) atoms. The molecule has 0 aliphatic rings. The Labute approximate surface area is 122 Å². The Balaban J connectivity index is 2.22. The highest BCUT2D eigenvalue weighted by atomic mass is 35.5. The molecular weight excluding hydrogens is 283 g/mol. The maximum atomic E-state index is 5.95. The number of rotatable bonds is 5. The van der Waals surface area contributed by atoms with Gasteiger partial charge in [-0.1, -0.05) is 30.1 Å². The number of nitrogens with zero attached hydrogens (tertiary/aromatic N) is 1. The van der Waals surface area contributed by atoms with Crippen LogP contribution in [-0.2, 0) is 6.54 Å². The van der Waals surface area contributed by atoms with Crippen LogP contribution in [0.25, 0.3) is 0 Å². The van der Waals surface area contributed by atoms with Gasteiger partial charge in [-0.15, -0.1) is 0 Å². The first-order valence-corrected chi connectivity index (χ1v) is 6.72. The van der Waals surface area contributed by atoms with Gasteiger partial charge in [0.15, 0.2) is 0 Å². The first-order chi connectivity index (χ1) is 9.19. The fourth-order valence-electron chi connectivity index (χ4n) is 1.62. The van der Waals surface area contributed by atoms with Crippen LogP contribution < -0.4 is 10.1 Å². The third kappa shape index (κ3) is 4.10. The molecule has 2 rings (SSSR count). The number of nitrogens with one attached hydrogen (secondary N) is 1. The Bertz CT molecular complexity index is 541. The van der Waals surface area contributed by atoms with Crippen molar-refractivity contribution in [1.82, 2.24) is 10.3 Å². The van der Waals surface area contributed by atoms with Gasteiger partial charge in [0.1, 0.15) is 11.5 Å². The van der Waals surface area contributed by atoms with E-state index in [1.165, 1.54) is 0 Å². The highest BCUT2D eigenvalue weighted by Gasteiger charge is 2.06. The Morgan fingerprint density at radius 3 is 2.63 bits per heavy atom. The van der Waals surface area contributed by atoms with E-state index >= 15 is 0 Å². The fourth-order valence-corrected chi connectivity index (χ4v) is 2.13. The van der Waals surface area contributed by atoms with Crippen molar-refractivity contribution < 1.29 is 4.74 Å². The molecule has 0 fully saturated rings. The number of aromatic nitrogens is 1. The molecule has 0 aliphatic heterocycles. The number of ether oxygens (including phenoxy) is 1. The smallest absolute Gasteiger partial charge is 0.134 e. The predicted molar refractivity (Wildman–Crippen MR) is 78.2 cm³/mol. The lowest BCUT2D eigenvalue weighted by Gasteiger charge is -2.11. The second-order valence-corrected chi connectivity index (χ2v) is 4.84. The van der Waals surface area contributed by atoms with Gasteiger partial charge in [0.2, 0.25) is 0 Å². The van der Waals surface area contributed by atoms with Gasteiger partial charge in [0.05, 0.1) is 0 Å². The minimum atomic E-state index is 0.546. The van der Waals surface area contributed by atoms with Crippen molar-refractivity contribution in [1.29, 1.82) is 0 Å². The lowest BCUT2D eigenvalue weighted by molar-refractivity contribution is 0.472. The minimum Gasteiger partial charge on any atom is -0.457 e. The first kappa shape index (κ1) is 14.1. The van der Waals surface area contributed by atoms with Gasteiger partial charge in [0, 0.05) is 34.5 Å². The van der Waals surface area contributed by atoms with Gasteiger partial charge in [-0.2, -0.15) is 0 Å². The average molecular weight is 297 g/mol. The zero-order chi connectivity index (χ0) is 13.7. The number of pyridine rings is 1. The molecule has 0 amide bonds. The molecule has 0 bridgehead atoms. The molecule has 5 heteroatoms. The van der Waals surface area contributed by atoms with Crippen LogP contribution in [0.15, 0.2) is 36.7 Å². The van der Waals surface area contributed by atoms with E-state index in [1.54, 1.807) is 30.6 Å². The standard InChI is InChI=1S/C14H14Cl2N2O/c1-2-17-8-10-9-18-4-3-14(10)19-13-6-11(15)5-12(16)7-13/h3-7,9,17H,2,8H2,1H3. The van der Waals surface area contributed by atoms with Crippen molar-refractivity contribution in [2.75, 3.05) is 6.54 Å². The Morgan fingerprint density at radius 2 is 1.95 bits per heavy atom. The molecule has 1 aromatic carbocycles. The van der Waals surface area contributed by atoms with Crippen LogP contribution in [-0.4, -0.2) is 11.5 Å². The predicted octanol–water partition coefficient (Wildman–Crippen LogP) is 4.29. The van der Waals surface area contributed by atoms with E-state index < -0.39 is 0 Å². The molecule has 0 unspecified atom stereocenters. The van der Waals surface area contributed by atoms with Crippen LogP contribution >= 0.6 is 23.2 Å². The van der Waals surface area contributed by atoms with Crippen molar-refractivity contribution in [2.24, 2.45) is 0 Å². The zero-order valence-electron chi connectivity index (χ0n) is 10.5. The maximum Gasteiger partial charge on any atom is 0.134 e. The molecule has 0 aliphatic carbocycles. The summed E-state index contributed by atoms with van der Waals surface area (Å²) in [7, 11) is 0. The summed E-state index contributed by atoms with van der Waals surface area (Å²) in [6.45, 7) is 3.64. The molecule has 0 saturated carbocycles. The molecule has 0 radical (unpaired) electrons. The van der Waals surface area contributed by atoms with Crippen molar-refractivity contribution >= 4 is 23.2 Å². The van der Waals surface area contributed by atoms with Gasteiger partial charge in [-0.3, -0.25) is 4.98 Å². The molecule has 2 aromatic rings. The van der Waals surface area contributed by atoms with Crippen LogP contribution in [0, 0.1) is 0 Å². The molecule has 0 saturated heterocycles. The quantitative estimate of drug-likeness (QED) is 0.894. The summed E-state index contributed by atoms with van der Waals surface area (Å²) >= 11 is 11.9. The average Bonchev–Trinajstić information content (AvgIpc) is 2.36. The lowest BCUT2D eigenvalue weighted by atomic mass is 10.2. The Hall–Kier alpha value is -1.29.